The number of likely N-dealkylation sites (tertiary alicyclic amines) is 1. The number of aromatic nitrogens is 3. The van der Waals surface area contributed by atoms with Crippen molar-refractivity contribution in [2.75, 3.05) is 37.7 Å². The number of carbonyl (C=O) groups is 1. The molecule has 0 spiro atoms. The van der Waals surface area contributed by atoms with Gasteiger partial charge in [0.15, 0.2) is 5.82 Å². The summed E-state index contributed by atoms with van der Waals surface area (Å²) < 4.78 is 23.0. The van der Waals surface area contributed by atoms with Crippen molar-refractivity contribution in [3.05, 3.63) is 54.1 Å². The van der Waals surface area contributed by atoms with Crippen LogP contribution in [0.15, 0.2) is 37.2 Å². The Balaban J connectivity index is 1.20. The van der Waals surface area contributed by atoms with E-state index in [0.29, 0.717) is 36.5 Å². The molecule has 4 saturated heterocycles. The van der Waals surface area contributed by atoms with E-state index in [-0.39, 0.29) is 40.9 Å². The minimum Gasteiger partial charge on any atom is -0.461 e. The van der Waals surface area contributed by atoms with Crippen molar-refractivity contribution in [3.8, 4) is 17.1 Å². The molecule has 0 N–H and O–H groups in total. The van der Waals surface area contributed by atoms with Crippen LogP contribution in [-0.2, 0) is 17.6 Å². The average molecular weight is 569 g/mol. The molecule has 2 aromatic heterocycles. The largest absolute Gasteiger partial charge is 0.461 e. The standard InChI is InChI=1S/C33H37FN6O2/c1-2-28(41)39-16-11-26-27(39)19-40(26)31-24-10-9-23(25-18-35-17-21-7-3-4-8-22(21)25)29(34)30(24)36-32(37-31)42-20-33-12-5-14-38(33)15-6-13-33/h2,9-10,17-18,26-27H,1,3-8,11-16,19-20H2/t26-,27-/m1/s1. The van der Waals surface area contributed by atoms with Crippen molar-refractivity contribution in [3.63, 3.8) is 0 Å². The number of amides is 1. The van der Waals surface area contributed by atoms with Crippen LogP contribution < -0.4 is 9.64 Å². The molecule has 1 amide bonds. The molecule has 5 aliphatic rings. The molecule has 9 heteroatoms. The van der Waals surface area contributed by atoms with Crippen molar-refractivity contribution in [2.45, 2.75) is 75.4 Å². The molecule has 0 radical (unpaired) electrons. The molecule has 8 nitrogen and oxygen atoms in total. The molecule has 0 saturated carbocycles. The van der Waals surface area contributed by atoms with Gasteiger partial charge in [0.1, 0.15) is 17.9 Å². The van der Waals surface area contributed by atoms with Crippen molar-refractivity contribution in [1.82, 2.24) is 24.8 Å². The fourth-order valence-corrected chi connectivity index (χ4v) is 8.42. The van der Waals surface area contributed by atoms with Gasteiger partial charge in [-0.05, 0) is 94.1 Å². The maximum atomic E-state index is 16.6. The molecule has 1 aromatic carbocycles. The Labute approximate surface area is 245 Å². The second-order valence-electron chi connectivity index (χ2n) is 12.7. The molecular formula is C33H37FN6O2. The van der Waals surface area contributed by atoms with E-state index in [9.17, 15) is 4.79 Å². The van der Waals surface area contributed by atoms with Crippen LogP contribution in [0.4, 0.5) is 10.2 Å². The van der Waals surface area contributed by atoms with E-state index in [1.165, 1.54) is 30.0 Å². The Morgan fingerprint density at radius 3 is 2.71 bits per heavy atom. The van der Waals surface area contributed by atoms with E-state index in [0.717, 1.165) is 63.6 Å². The van der Waals surface area contributed by atoms with Crippen LogP contribution in [0, 0.1) is 5.82 Å². The monoisotopic (exact) mass is 568 g/mol. The number of pyridine rings is 1. The first-order valence-electron chi connectivity index (χ1n) is 15.6. The number of hydrogen-bond acceptors (Lipinski definition) is 7. The van der Waals surface area contributed by atoms with Crippen molar-refractivity contribution >= 4 is 22.6 Å². The molecular weight excluding hydrogens is 531 g/mol. The molecule has 0 unspecified atom stereocenters. The normalized spacial score (nSPS) is 24.3. The summed E-state index contributed by atoms with van der Waals surface area (Å²) in [6, 6.07) is 4.30. The van der Waals surface area contributed by atoms with Crippen molar-refractivity contribution in [1.29, 1.82) is 0 Å². The third-order valence-electron chi connectivity index (χ3n) is 10.6. The minimum absolute atomic E-state index is 0.0342. The Morgan fingerprint density at radius 2 is 1.88 bits per heavy atom. The third kappa shape index (κ3) is 3.96. The van der Waals surface area contributed by atoms with Crippen LogP contribution in [0.2, 0.25) is 0 Å². The van der Waals surface area contributed by atoms with Crippen LogP contribution in [0.25, 0.3) is 22.0 Å². The van der Waals surface area contributed by atoms with E-state index in [4.69, 9.17) is 14.7 Å². The number of rotatable bonds is 6. The molecule has 4 aliphatic heterocycles. The second-order valence-corrected chi connectivity index (χ2v) is 12.7. The summed E-state index contributed by atoms with van der Waals surface area (Å²) in [5, 5.41) is 0.676. The van der Waals surface area contributed by atoms with Gasteiger partial charge in [0, 0.05) is 42.0 Å². The number of halogens is 1. The van der Waals surface area contributed by atoms with Gasteiger partial charge in [-0.25, -0.2) is 4.39 Å². The zero-order valence-electron chi connectivity index (χ0n) is 24.0. The molecule has 218 valence electrons. The van der Waals surface area contributed by atoms with Gasteiger partial charge in [-0.2, -0.15) is 9.97 Å². The van der Waals surface area contributed by atoms with Gasteiger partial charge in [-0.1, -0.05) is 12.6 Å². The summed E-state index contributed by atoms with van der Waals surface area (Å²) in [6.07, 6.45) is 14.7. The number of benzene rings is 1. The number of nitrogens with zero attached hydrogens (tertiary/aromatic N) is 6. The zero-order chi connectivity index (χ0) is 28.4. The van der Waals surface area contributed by atoms with E-state index in [2.05, 4.69) is 21.4 Å². The third-order valence-corrected chi connectivity index (χ3v) is 10.6. The number of aryl methyl sites for hydroxylation is 1. The molecule has 3 aromatic rings. The highest BCUT2D eigenvalue weighted by molar-refractivity contribution is 5.95. The van der Waals surface area contributed by atoms with Crippen LogP contribution in [0.1, 0.15) is 56.1 Å². The minimum atomic E-state index is -0.352. The van der Waals surface area contributed by atoms with Gasteiger partial charge in [-0.3, -0.25) is 14.7 Å². The van der Waals surface area contributed by atoms with Crippen LogP contribution in [-0.4, -0.2) is 81.1 Å². The van der Waals surface area contributed by atoms with E-state index in [1.807, 2.05) is 23.2 Å². The van der Waals surface area contributed by atoms with Gasteiger partial charge < -0.3 is 14.5 Å². The molecule has 6 heterocycles. The van der Waals surface area contributed by atoms with E-state index >= 15 is 4.39 Å². The van der Waals surface area contributed by atoms with E-state index < -0.39 is 0 Å². The zero-order valence-corrected chi connectivity index (χ0v) is 24.0. The summed E-state index contributed by atoms with van der Waals surface area (Å²) >= 11 is 0. The van der Waals surface area contributed by atoms with Gasteiger partial charge in [0.05, 0.1) is 17.6 Å². The summed E-state index contributed by atoms with van der Waals surface area (Å²) in [6.45, 7) is 7.74. The number of carbonyl (C=O) groups excluding carboxylic acids is 1. The van der Waals surface area contributed by atoms with Gasteiger partial charge in [0.25, 0.3) is 0 Å². The number of anilines is 1. The number of fused-ring (bicyclic) bond motifs is 4. The number of hydrogen-bond donors (Lipinski definition) is 0. The quantitative estimate of drug-likeness (QED) is 0.400. The maximum absolute atomic E-state index is 16.6. The van der Waals surface area contributed by atoms with Crippen molar-refractivity contribution < 1.29 is 13.9 Å². The Hall–Kier alpha value is -3.59. The second kappa shape index (κ2) is 10.0. The lowest BCUT2D eigenvalue weighted by atomic mass is 9.87. The fourth-order valence-electron chi connectivity index (χ4n) is 8.42. The maximum Gasteiger partial charge on any atom is 0.319 e. The van der Waals surface area contributed by atoms with Crippen molar-refractivity contribution in [2.24, 2.45) is 0 Å². The molecule has 2 atom stereocenters. The SMILES string of the molecule is C=CC(=O)N1CC[C@@H]2[C@H]1CN2c1nc(OCC23CCCN2CCC3)nc2c(F)c(-c3cncc4c3CCCC4)ccc12. The highest BCUT2D eigenvalue weighted by Gasteiger charge is 2.49. The summed E-state index contributed by atoms with van der Waals surface area (Å²) in [4.78, 5) is 33.2. The number of ether oxygens (including phenoxy) is 1. The fraction of sp³-hybridized carbons (Fsp3) is 0.515. The molecule has 42 heavy (non-hydrogen) atoms. The summed E-state index contributed by atoms with van der Waals surface area (Å²) in [7, 11) is 0. The Kier molecular flexibility index (Phi) is 6.21. The average Bonchev–Trinajstić information content (AvgIpc) is 3.68. The first-order chi connectivity index (χ1) is 20.6. The van der Waals surface area contributed by atoms with Gasteiger partial charge in [0.2, 0.25) is 5.91 Å². The lowest BCUT2D eigenvalue weighted by Gasteiger charge is -2.47. The van der Waals surface area contributed by atoms with E-state index in [1.54, 1.807) is 6.20 Å². The first kappa shape index (κ1) is 26.1. The van der Waals surface area contributed by atoms with Crippen LogP contribution in [0.3, 0.4) is 0 Å². The molecule has 0 bridgehead atoms. The Bertz CT molecular complexity index is 1580. The molecule has 8 rings (SSSR count). The molecule has 4 fully saturated rings. The summed E-state index contributed by atoms with van der Waals surface area (Å²) in [5.41, 5.74) is 4.13. The highest BCUT2D eigenvalue weighted by atomic mass is 19.1. The predicted octanol–water partition coefficient (Wildman–Crippen LogP) is 4.69. The first-order valence-corrected chi connectivity index (χ1v) is 15.6. The van der Waals surface area contributed by atoms with Gasteiger partial charge in [-0.15, -0.1) is 0 Å². The predicted molar refractivity (Wildman–Crippen MR) is 159 cm³/mol. The summed E-state index contributed by atoms with van der Waals surface area (Å²) in [5.74, 6) is 0.302. The Morgan fingerprint density at radius 1 is 1.05 bits per heavy atom. The lowest BCUT2D eigenvalue weighted by molar-refractivity contribution is -0.127. The van der Waals surface area contributed by atoms with Crippen LogP contribution in [0.5, 0.6) is 6.01 Å². The smallest absolute Gasteiger partial charge is 0.319 e. The topological polar surface area (TPSA) is 74.7 Å². The van der Waals surface area contributed by atoms with Crippen LogP contribution >= 0.6 is 0 Å². The lowest BCUT2D eigenvalue weighted by Crippen LogP contribution is -2.63. The highest BCUT2D eigenvalue weighted by Crippen LogP contribution is 2.43. The van der Waals surface area contributed by atoms with Gasteiger partial charge >= 0.3 is 6.01 Å². The molecule has 1 aliphatic carbocycles.